The van der Waals surface area contributed by atoms with Crippen LogP contribution in [0.3, 0.4) is 0 Å². The lowest BCUT2D eigenvalue weighted by atomic mass is 9.97. The Morgan fingerprint density at radius 3 is 2.40 bits per heavy atom. The molecule has 1 fully saturated rings. The number of rotatable bonds is 5. The maximum Gasteiger partial charge on any atom is 0.307 e. The highest BCUT2D eigenvalue weighted by atomic mass is 16.6. The Balaban J connectivity index is 1.94. The predicted molar refractivity (Wildman–Crippen MR) is 90.2 cm³/mol. The third-order valence-corrected chi connectivity index (χ3v) is 4.65. The van der Waals surface area contributed by atoms with Gasteiger partial charge in [-0.15, -0.1) is 0 Å². The maximum atomic E-state index is 11.6. The Kier molecular flexibility index (Phi) is 5.08. The van der Waals surface area contributed by atoms with Crippen LogP contribution in [0, 0.1) is 0 Å². The molecular formula is C19H23NO5. The Morgan fingerprint density at radius 1 is 1.08 bits per heavy atom. The minimum Gasteiger partial charge on any atom is -0.496 e. The maximum absolute atomic E-state index is 11.6. The Hall–Kier alpha value is -2.34. The summed E-state index contributed by atoms with van der Waals surface area (Å²) in [6.45, 7) is 3.45. The zero-order valence-electron chi connectivity index (χ0n) is 14.7. The van der Waals surface area contributed by atoms with Crippen molar-refractivity contribution in [2.75, 3.05) is 7.11 Å². The van der Waals surface area contributed by atoms with E-state index in [9.17, 15) is 9.59 Å². The van der Waals surface area contributed by atoms with Crippen molar-refractivity contribution in [1.82, 2.24) is 4.90 Å². The summed E-state index contributed by atoms with van der Waals surface area (Å²) in [6, 6.07) is 9.74. The minimum atomic E-state index is -0.374. The zero-order valence-corrected chi connectivity index (χ0v) is 14.7. The molecule has 25 heavy (non-hydrogen) atoms. The molecule has 2 bridgehead atoms. The highest BCUT2D eigenvalue weighted by Crippen LogP contribution is 2.43. The molecule has 0 unspecified atom stereocenters. The van der Waals surface area contributed by atoms with E-state index in [0.717, 1.165) is 12.0 Å². The molecule has 0 aromatic heterocycles. The third-order valence-electron chi connectivity index (χ3n) is 4.65. The topological polar surface area (TPSA) is 65.1 Å². The fourth-order valence-corrected chi connectivity index (χ4v) is 3.80. The second-order valence-corrected chi connectivity index (χ2v) is 6.37. The second-order valence-electron chi connectivity index (χ2n) is 6.37. The molecule has 0 saturated carbocycles. The summed E-state index contributed by atoms with van der Waals surface area (Å²) in [4.78, 5) is 25.3. The molecule has 2 aliphatic rings. The number of piperidine rings is 1. The minimum absolute atomic E-state index is 0.0594. The lowest BCUT2D eigenvalue weighted by molar-refractivity contribution is -0.152. The van der Waals surface area contributed by atoms with E-state index in [-0.39, 0.29) is 30.1 Å². The number of hydrogen-bond donors (Lipinski definition) is 0. The summed E-state index contributed by atoms with van der Waals surface area (Å²) >= 11 is 0. The van der Waals surface area contributed by atoms with E-state index >= 15 is 0 Å². The van der Waals surface area contributed by atoms with Crippen molar-refractivity contribution in [3.8, 4) is 0 Å². The molecule has 0 N–H and O–H groups in total. The number of fused-ring (bicyclic) bond motifs is 2. The van der Waals surface area contributed by atoms with Gasteiger partial charge in [-0.25, -0.2) is 0 Å². The molecule has 0 spiro atoms. The van der Waals surface area contributed by atoms with Crippen LogP contribution in [0.4, 0.5) is 0 Å². The number of carbonyl (C=O) groups excluding carboxylic acids is 2. The number of benzene rings is 1. The van der Waals surface area contributed by atoms with Crippen molar-refractivity contribution in [3.63, 3.8) is 0 Å². The van der Waals surface area contributed by atoms with Crippen LogP contribution in [0.15, 0.2) is 41.9 Å². The molecule has 6 nitrogen and oxygen atoms in total. The van der Waals surface area contributed by atoms with Crippen molar-refractivity contribution in [2.45, 2.75) is 51.4 Å². The van der Waals surface area contributed by atoms with E-state index in [1.807, 2.05) is 30.3 Å². The number of ether oxygens (including phenoxy) is 3. The molecule has 3 atom stereocenters. The first-order valence-electron chi connectivity index (χ1n) is 8.44. The van der Waals surface area contributed by atoms with Crippen LogP contribution < -0.4 is 0 Å². The molecule has 6 heteroatoms. The standard InChI is InChI=1S/C19H23NO5/c1-12(21)24-16-10-9-15-18(25-13(2)22)19(23-3)17(16)20(15)11-14-7-5-4-6-8-14/h4-8,15-17H,9-11H2,1-3H3/t15-,16-,17+/m1/s1. The van der Waals surface area contributed by atoms with Crippen molar-refractivity contribution < 1.29 is 23.8 Å². The normalized spacial score (nSPS) is 25.6. The van der Waals surface area contributed by atoms with Gasteiger partial charge in [0.2, 0.25) is 0 Å². The van der Waals surface area contributed by atoms with Gasteiger partial charge in [0.05, 0.1) is 13.2 Å². The molecule has 1 saturated heterocycles. The van der Waals surface area contributed by atoms with Gasteiger partial charge >= 0.3 is 11.9 Å². The molecule has 1 aromatic rings. The van der Waals surface area contributed by atoms with Gasteiger partial charge in [0.1, 0.15) is 12.1 Å². The molecule has 134 valence electrons. The summed E-state index contributed by atoms with van der Waals surface area (Å²) in [6.07, 6.45) is 1.12. The summed E-state index contributed by atoms with van der Waals surface area (Å²) in [5, 5.41) is 0. The van der Waals surface area contributed by atoms with E-state index in [1.165, 1.54) is 13.8 Å². The Morgan fingerprint density at radius 2 is 1.80 bits per heavy atom. The number of nitrogens with zero attached hydrogens (tertiary/aromatic N) is 1. The summed E-state index contributed by atoms with van der Waals surface area (Å²) in [7, 11) is 1.56. The lowest BCUT2D eigenvalue weighted by Gasteiger charge is -2.39. The van der Waals surface area contributed by atoms with Crippen LogP contribution in [-0.2, 0) is 30.3 Å². The molecule has 0 aliphatic carbocycles. The van der Waals surface area contributed by atoms with Crippen LogP contribution in [0.2, 0.25) is 0 Å². The number of esters is 2. The van der Waals surface area contributed by atoms with Gasteiger partial charge in [0, 0.05) is 20.4 Å². The van der Waals surface area contributed by atoms with Crippen molar-refractivity contribution in [2.24, 2.45) is 0 Å². The molecule has 2 heterocycles. The van der Waals surface area contributed by atoms with Crippen molar-refractivity contribution >= 4 is 11.9 Å². The van der Waals surface area contributed by atoms with E-state index < -0.39 is 0 Å². The van der Waals surface area contributed by atoms with Gasteiger partial charge in [-0.1, -0.05) is 30.3 Å². The van der Waals surface area contributed by atoms with Gasteiger partial charge in [0.25, 0.3) is 0 Å². The number of carbonyl (C=O) groups is 2. The van der Waals surface area contributed by atoms with E-state index in [1.54, 1.807) is 7.11 Å². The smallest absolute Gasteiger partial charge is 0.307 e. The number of methoxy groups -OCH3 is 1. The SMILES string of the molecule is COC1=C(OC(C)=O)[C@H]2CC[C@@H](OC(C)=O)[C@@H]1N2Cc1ccccc1. The van der Waals surface area contributed by atoms with E-state index in [2.05, 4.69) is 4.90 Å². The summed E-state index contributed by atoms with van der Waals surface area (Å²) in [5.74, 6) is 0.436. The highest BCUT2D eigenvalue weighted by Gasteiger charge is 2.51. The van der Waals surface area contributed by atoms with Crippen LogP contribution in [0.1, 0.15) is 32.3 Å². The highest BCUT2D eigenvalue weighted by molar-refractivity contribution is 5.68. The lowest BCUT2D eigenvalue weighted by Crippen LogP contribution is -2.50. The van der Waals surface area contributed by atoms with Gasteiger partial charge < -0.3 is 14.2 Å². The fraction of sp³-hybridized carbons (Fsp3) is 0.474. The first-order valence-corrected chi connectivity index (χ1v) is 8.44. The summed E-state index contributed by atoms with van der Waals surface area (Å²) < 4.78 is 16.6. The average molecular weight is 345 g/mol. The molecule has 0 radical (unpaired) electrons. The monoisotopic (exact) mass is 345 g/mol. The van der Waals surface area contributed by atoms with E-state index in [4.69, 9.17) is 14.2 Å². The number of hydrogen-bond acceptors (Lipinski definition) is 6. The molecule has 1 aromatic carbocycles. The Labute approximate surface area is 147 Å². The molecule has 0 amide bonds. The third kappa shape index (κ3) is 3.54. The van der Waals surface area contributed by atoms with Crippen LogP contribution in [0.5, 0.6) is 0 Å². The average Bonchev–Trinajstić information content (AvgIpc) is 2.75. The van der Waals surface area contributed by atoms with Gasteiger partial charge in [-0.3, -0.25) is 14.5 Å². The Bertz CT molecular complexity index is 684. The molecule has 2 aliphatic heterocycles. The van der Waals surface area contributed by atoms with Gasteiger partial charge in [-0.05, 0) is 18.4 Å². The fourth-order valence-electron chi connectivity index (χ4n) is 3.80. The predicted octanol–water partition coefficient (Wildman–Crippen LogP) is 2.39. The first kappa shape index (κ1) is 17.5. The zero-order chi connectivity index (χ0) is 18.0. The quantitative estimate of drug-likeness (QED) is 0.764. The van der Waals surface area contributed by atoms with Gasteiger partial charge in [0.15, 0.2) is 11.5 Å². The summed E-state index contributed by atoms with van der Waals surface area (Å²) in [5.41, 5.74) is 1.14. The first-order chi connectivity index (χ1) is 12.0. The van der Waals surface area contributed by atoms with Crippen LogP contribution >= 0.6 is 0 Å². The molecular weight excluding hydrogens is 322 g/mol. The van der Waals surface area contributed by atoms with Crippen molar-refractivity contribution in [3.05, 3.63) is 47.4 Å². The van der Waals surface area contributed by atoms with E-state index in [0.29, 0.717) is 24.5 Å². The van der Waals surface area contributed by atoms with Crippen molar-refractivity contribution in [1.29, 1.82) is 0 Å². The van der Waals surface area contributed by atoms with Crippen LogP contribution in [-0.4, -0.2) is 42.1 Å². The van der Waals surface area contributed by atoms with Crippen LogP contribution in [0.25, 0.3) is 0 Å². The molecule has 3 rings (SSSR count). The van der Waals surface area contributed by atoms with Gasteiger partial charge in [-0.2, -0.15) is 0 Å². The second kappa shape index (κ2) is 7.27. The largest absolute Gasteiger partial charge is 0.496 e.